The lowest BCUT2D eigenvalue weighted by molar-refractivity contribution is 0.00578. The predicted molar refractivity (Wildman–Crippen MR) is 98.6 cm³/mol. The fourth-order valence-corrected chi connectivity index (χ4v) is 2.85. The fourth-order valence-electron chi connectivity index (χ4n) is 2.85. The smallest absolute Gasteiger partial charge is 0.400 e. The number of aryl methyl sites for hydroxylation is 2. The van der Waals surface area contributed by atoms with Crippen molar-refractivity contribution in [2.24, 2.45) is 0 Å². The van der Waals surface area contributed by atoms with E-state index >= 15 is 0 Å². The first kappa shape index (κ1) is 18.7. The van der Waals surface area contributed by atoms with Crippen molar-refractivity contribution >= 4 is 13.2 Å². The molecule has 24 heavy (non-hydrogen) atoms. The average molecular weight is 326 g/mol. The molecular formula is C19H27BN2O2. The average Bonchev–Trinajstić information content (AvgIpc) is 2.69. The van der Waals surface area contributed by atoms with E-state index in [0.717, 1.165) is 22.2 Å². The third-order valence-electron chi connectivity index (χ3n) is 4.99. The molecule has 1 saturated heterocycles. The van der Waals surface area contributed by atoms with Crippen LogP contribution in [0.4, 0.5) is 0 Å². The van der Waals surface area contributed by atoms with Gasteiger partial charge in [0.2, 0.25) is 0 Å². The van der Waals surface area contributed by atoms with Gasteiger partial charge in [0.15, 0.2) is 0 Å². The molecule has 1 aliphatic rings. The minimum Gasteiger partial charge on any atom is -0.400 e. The second kappa shape index (κ2) is 6.72. The van der Waals surface area contributed by atoms with Crippen molar-refractivity contribution in [3.05, 3.63) is 39.9 Å². The van der Waals surface area contributed by atoms with Gasteiger partial charge in [-0.05, 0) is 82.9 Å². The summed E-state index contributed by atoms with van der Waals surface area (Å²) in [6, 6.07) is 6.04. The lowest BCUT2D eigenvalue weighted by Crippen LogP contribution is -2.41. The molecule has 1 heterocycles. The highest BCUT2D eigenvalue weighted by Gasteiger charge is 2.52. The highest BCUT2D eigenvalue weighted by molar-refractivity contribution is 6.56. The molecule has 1 fully saturated rings. The summed E-state index contributed by atoms with van der Waals surface area (Å²) in [4.78, 5) is 0. The summed E-state index contributed by atoms with van der Waals surface area (Å²) in [5.74, 6) is 0. The Morgan fingerprint density at radius 2 is 1.67 bits per heavy atom. The number of likely N-dealkylation sites (N-methyl/N-ethyl adjacent to an activating group) is 1. The van der Waals surface area contributed by atoms with E-state index in [1.807, 2.05) is 33.0 Å². The third-order valence-corrected chi connectivity index (χ3v) is 4.99. The van der Waals surface area contributed by atoms with Crippen molar-refractivity contribution in [1.29, 1.82) is 5.26 Å². The van der Waals surface area contributed by atoms with E-state index in [1.54, 1.807) is 0 Å². The van der Waals surface area contributed by atoms with Gasteiger partial charge < -0.3 is 14.6 Å². The molecule has 0 aliphatic carbocycles. The van der Waals surface area contributed by atoms with Crippen LogP contribution in [0, 0.1) is 25.2 Å². The zero-order valence-electron chi connectivity index (χ0n) is 15.8. The molecule has 4 nitrogen and oxygen atoms in total. The maximum absolute atomic E-state index is 9.12. The normalized spacial score (nSPS) is 19.4. The van der Waals surface area contributed by atoms with Crippen LogP contribution in [0.1, 0.15) is 49.9 Å². The third kappa shape index (κ3) is 3.56. The van der Waals surface area contributed by atoms with E-state index in [1.165, 1.54) is 0 Å². The Kier molecular flexibility index (Phi) is 5.24. The van der Waals surface area contributed by atoms with Crippen molar-refractivity contribution in [3.63, 3.8) is 0 Å². The standard InChI is InChI=1S/C19H27BN2O2/c1-13-8-15(11-21)9-14(2)17(13)10-16(12-22-7)20-23-18(3,4)19(5,6)24-20/h8-10,22H,12H2,1-7H3. The van der Waals surface area contributed by atoms with Crippen LogP contribution in [0.3, 0.4) is 0 Å². The number of nitrogens with one attached hydrogen (secondary N) is 1. The Morgan fingerprint density at radius 1 is 1.17 bits per heavy atom. The fraction of sp³-hybridized carbons (Fsp3) is 0.526. The summed E-state index contributed by atoms with van der Waals surface area (Å²) in [7, 11) is 1.54. The summed E-state index contributed by atoms with van der Waals surface area (Å²) in [5, 5.41) is 12.3. The largest absolute Gasteiger partial charge is 0.491 e. The van der Waals surface area contributed by atoms with Crippen LogP contribution >= 0.6 is 0 Å². The predicted octanol–water partition coefficient (Wildman–Crippen LogP) is 3.41. The molecule has 0 amide bonds. The Balaban J connectivity index is 2.43. The van der Waals surface area contributed by atoms with Crippen molar-refractivity contribution < 1.29 is 9.31 Å². The number of rotatable bonds is 4. The van der Waals surface area contributed by atoms with Crippen molar-refractivity contribution in [2.75, 3.05) is 13.6 Å². The monoisotopic (exact) mass is 326 g/mol. The van der Waals surface area contributed by atoms with Crippen molar-refractivity contribution in [3.8, 4) is 6.07 Å². The molecule has 0 atom stereocenters. The second-order valence-electron chi connectivity index (χ2n) is 7.47. The molecule has 0 aromatic heterocycles. The molecule has 128 valence electrons. The molecular weight excluding hydrogens is 299 g/mol. The molecule has 1 aromatic carbocycles. The van der Waals surface area contributed by atoms with Gasteiger partial charge in [-0.25, -0.2) is 0 Å². The summed E-state index contributed by atoms with van der Waals surface area (Å²) < 4.78 is 12.4. The maximum atomic E-state index is 9.12. The van der Waals surface area contributed by atoms with E-state index in [-0.39, 0.29) is 18.3 Å². The first-order chi connectivity index (χ1) is 11.1. The Bertz CT molecular complexity index is 663. The quantitative estimate of drug-likeness (QED) is 0.862. The Labute approximate surface area is 146 Å². The number of nitrogens with zero attached hydrogens (tertiary/aromatic N) is 1. The van der Waals surface area contributed by atoms with Crippen molar-refractivity contribution in [2.45, 2.75) is 52.7 Å². The van der Waals surface area contributed by atoms with Gasteiger partial charge in [-0.2, -0.15) is 5.26 Å². The van der Waals surface area contributed by atoms with Crippen LogP contribution in [0.15, 0.2) is 17.6 Å². The van der Waals surface area contributed by atoms with Crippen LogP contribution in [-0.4, -0.2) is 31.9 Å². The van der Waals surface area contributed by atoms with Crippen LogP contribution < -0.4 is 5.32 Å². The zero-order valence-corrected chi connectivity index (χ0v) is 15.8. The molecule has 0 radical (unpaired) electrons. The van der Waals surface area contributed by atoms with E-state index in [0.29, 0.717) is 12.1 Å². The highest BCUT2D eigenvalue weighted by atomic mass is 16.7. The molecule has 0 saturated carbocycles. The van der Waals surface area contributed by atoms with E-state index in [9.17, 15) is 0 Å². The molecule has 0 unspecified atom stereocenters. The van der Waals surface area contributed by atoms with Gasteiger partial charge in [0, 0.05) is 6.54 Å². The maximum Gasteiger partial charge on any atom is 0.491 e. The first-order valence-electron chi connectivity index (χ1n) is 8.33. The van der Waals surface area contributed by atoms with Gasteiger partial charge in [-0.15, -0.1) is 0 Å². The number of hydrogen-bond acceptors (Lipinski definition) is 4. The van der Waals surface area contributed by atoms with Crippen LogP contribution in [0.5, 0.6) is 0 Å². The molecule has 1 N–H and O–H groups in total. The van der Waals surface area contributed by atoms with E-state index in [4.69, 9.17) is 14.6 Å². The summed E-state index contributed by atoms with van der Waals surface area (Å²) in [5.41, 5.74) is 4.29. The number of hydrogen-bond donors (Lipinski definition) is 1. The second-order valence-corrected chi connectivity index (χ2v) is 7.47. The Morgan fingerprint density at radius 3 is 2.08 bits per heavy atom. The SMILES string of the molecule is CNCC(=Cc1c(C)cc(C#N)cc1C)B1OC(C)(C)C(C)(C)O1. The van der Waals surface area contributed by atoms with E-state index in [2.05, 4.69) is 45.2 Å². The van der Waals surface area contributed by atoms with Crippen molar-refractivity contribution in [1.82, 2.24) is 5.32 Å². The van der Waals surface area contributed by atoms with E-state index < -0.39 is 0 Å². The molecule has 0 bridgehead atoms. The topological polar surface area (TPSA) is 54.3 Å². The first-order valence-corrected chi connectivity index (χ1v) is 8.33. The van der Waals surface area contributed by atoms with Gasteiger partial charge in [0.25, 0.3) is 0 Å². The van der Waals surface area contributed by atoms with Gasteiger partial charge in [0.1, 0.15) is 0 Å². The van der Waals surface area contributed by atoms with Crippen LogP contribution in [-0.2, 0) is 9.31 Å². The number of nitriles is 1. The molecule has 1 aliphatic heterocycles. The Hall–Kier alpha value is -1.61. The van der Waals surface area contributed by atoms with Crippen LogP contribution in [0.2, 0.25) is 0 Å². The number of benzene rings is 1. The summed E-state index contributed by atoms with van der Waals surface area (Å²) in [6.45, 7) is 13.0. The lowest BCUT2D eigenvalue weighted by Gasteiger charge is -2.32. The van der Waals surface area contributed by atoms with Gasteiger partial charge in [-0.3, -0.25) is 0 Å². The molecule has 1 aromatic rings. The highest BCUT2D eigenvalue weighted by Crippen LogP contribution is 2.39. The molecule has 5 heteroatoms. The summed E-state index contributed by atoms with van der Waals surface area (Å²) >= 11 is 0. The van der Waals surface area contributed by atoms with Crippen LogP contribution in [0.25, 0.3) is 6.08 Å². The molecule has 2 rings (SSSR count). The molecule has 0 spiro atoms. The minimum atomic E-state index is -0.378. The van der Waals surface area contributed by atoms with Gasteiger partial charge >= 0.3 is 7.12 Å². The van der Waals surface area contributed by atoms with Gasteiger partial charge in [0.05, 0.1) is 22.8 Å². The lowest BCUT2D eigenvalue weighted by atomic mass is 9.76. The summed E-state index contributed by atoms with van der Waals surface area (Å²) in [6.07, 6.45) is 2.13. The zero-order chi connectivity index (χ0) is 18.1. The van der Waals surface area contributed by atoms with Gasteiger partial charge in [-0.1, -0.05) is 6.08 Å². The minimum absolute atomic E-state index is 0.362.